The molecule has 1 N–H and O–H groups in total. The third kappa shape index (κ3) is 4.99. The fourth-order valence-electron chi connectivity index (χ4n) is 7.87. The van der Waals surface area contributed by atoms with E-state index in [0.717, 1.165) is 23.2 Å². The Morgan fingerprint density at radius 3 is 2.18 bits per heavy atom. The van der Waals surface area contributed by atoms with Gasteiger partial charge in [-0.25, -0.2) is 0 Å². The quantitative estimate of drug-likeness (QED) is 0.246. The zero-order valence-corrected chi connectivity index (χ0v) is 25.0. The number of alkyl halides is 6. The molecule has 44 heavy (non-hydrogen) atoms. The van der Waals surface area contributed by atoms with E-state index in [4.69, 9.17) is 11.6 Å². The van der Waals surface area contributed by atoms with E-state index in [0.29, 0.717) is 30.0 Å². The molecule has 2 aromatic rings. The van der Waals surface area contributed by atoms with E-state index in [9.17, 15) is 45.8 Å². The van der Waals surface area contributed by atoms with E-state index in [1.165, 1.54) is 6.92 Å². The second kappa shape index (κ2) is 10.5. The van der Waals surface area contributed by atoms with Crippen molar-refractivity contribution in [1.29, 1.82) is 0 Å². The van der Waals surface area contributed by atoms with Gasteiger partial charge in [-0.15, -0.1) is 0 Å². The predicted octanol–water partition coefficient (Wildman–Crippen LogP) is 7.68. The van der Waals surface area contributed by atoms with Crippen LogP contribution in [0, 0.1) is 16.7 Å². The summed E-state index contributed by atoms with van der Waals surface area (Å²) >= 11 is 6.06. The van der Waals surface area contributed by atoms with Crippen LogP contribution in [0.3, 0.4) is 0 Å². The minimum atomic E-state index is -5.05. The van der Waals surface area contributed by atoms with Gasteiger partial charge in [0, 0.05) is 0 Å². The van der Waals surface area contributed by atoms with Crippen molar-refractivity contribution in [2.24, 2.45) is 16.7 Å². The van der Waals surface area contributed by atoms with Crippen LogP contribution in [-0.2, 0) is 17.1 Å². The monoisotopic (exact) mass is 647 g/mol. The number of carboxylic acid groups (broad SMARTS) is 1. The van der Waals surface area contributed by atoms with Crippen LogP contribution in [0.2, 0.25) is 5.02 Å². The van der Waals surface area contributed by atoms with Crippen LogP contribution < -0.4 is 0 Å². The molecule has 0 radical (unpaired) electrons. The van der Waals surface area contributed by atoms with Crippen LogP contribution in [-0.4, -0.2) is 49.5 Å². The molecule has 1 amide bonds. The molecule has 1 aromatic carbocycles. The maximum absolute atomic E-state index is 14.7. The number of amides is 1. The van der Waals surface area contributed by atoms with Gasteiger partial charge in [0.1, 0.15) is 0 Å². The summed E-state index contributed by atoms with van der Waals surface area (Å²) in [6, 6.07) is 2.01. The van der Waals surface area contributed by atoms with Crippen LogP contribution >= 0.6 is 11.6 Å². The first-order valence-electron chi connectivity index (χ1n) is 14.4. The Bertz CT molecular complexity index is 1510. The first kappa shape index (κ1) is 32.3. The van der Waals surface area contributed by atoms with Gasteiger partial charge < -0.3 is 10.0 Å². The summed E-state index contributed by atoms with van der Waals surface area (Å²) in [6.45, 7) is 4.27. The molecule has 1 heterocycles. The summed E-state index contributed by atoms with van der Waals surface area (Å²) < 4.78 is 86.3. The number of aromatic nitrogens is 2. The Balaban J connectivity index is 1.56. The van der Waals surface area contributed by atoms with Crippen molar-refractivity contribution >= 4 is 29.3 Å². The molecule has 240 valence electrons. The lowest BCUT2D eigenvalue weighted by atomic mass is 9.74. The van der Waals surface area contributed by atoms with E-state index >= 15 is 0 Å². The van der Waals surface area contributed by atoms with E-state index in [1.807, 2.05) is 13.8 Å². The molecule has 2 atom stereocenters. The van der Waals surface area contributed by atoms with Crippen LogP contribution in [0.25, 0.3) is 0 Å². The number of ketones is 1. The number of nitrogens with zero attached hydrogens (tertiary/aromatic N) is 3. The van der Waals surface area contributed by atoms with Gasteiger partial charge in [-0.3, -0.25) is 19.1 Å². The van der Waals surface area contributed by atoms with Gasteiger partial charge in [0.25, 0.3) is 5.91 Å². The lowest BCUT2D eigenvalue weighted by Crippen LogP contribution is -2.48. The summed E-state index contributed by atoms with van der Waals surface area (Å²) in [5, 5.41) is 13.0. The Labute approximate surface area is 254 Å². The van der Waals surface area contributed by atoms with Crippen LogP contribution in [0.15, 0.2) is 24.4 Å². The lowest BCUT2D eigenvalue weighted by molar-refractivity contribution is -0.152. The number of aliphatic carboxylic acids is 1. The smallest absolute Gasteiger partial charge is 0.433 e. The van der Waals surface area contributed by atoms with Crippen molar-refractivity contribution in [3.8, 4) is 0 Å². The number of halogens is 7. The van der Waals surface area contributed by atoms with Crippen molar-refractivity contribution in [3.05, 3.63) is 51.8 Å². The summed E-state index contributed by atoms with van der Waals surface area (Å²) in [7, 11) is 0. The molecule has 3 fully saturated rings. The number of carbonyl (C=O) groups is 3. The fourth-order valence-corrected chi connectivity index (χ4v) is 8.15. The van der Waals surface area contributed by atoms with Crippen molar-refractivity contribution in [2.45, 2.75) is 89.7 Å². The Hall–Kier alpha value is -3.09. The summed E-state index contributed by atoms with van der Waals surface area (Å²) in [6.07, 6.45) is -7.21. The minimum absolute atomic E-state index is 0.0785. The predicted molar refractivity (Wildman–Crippen MR) is 146 cm³/mol. The van der Waals surface area contributed by atoms with E-state index in [-0.39, 0.29) is 31.6 Å². The molecule has 3 aliphatic carbocycles. The number of Topliss-reactive ketones (excluding diaryl/α,β-unsaturated/α-hetero) is 1. The molecular formula is C30H32ClF6N3O4. The maximum atomic E-state index is 14.7. The summed E-state index contributed by atoms with van der Waals surface area (Å²) in [5.41, 5.74) is -7.03. The average molecular weight is 648 g/mol. The largest absolute Gasteiger partial charge is 0.481 e. The highest BCUT2D eigenvalue weighted by Crippen LogP contribution is 2.73. The minimum Gasteiger partial charge on any atom is -0.481 e. The maximum Gasteiger partial charge on any atom is 0.433 e. The highest BCUT2D eigenvalue weighted by Gasteiger charge is 2.76. The highest BCUT2D eigenvalue weighted by atomic mass is 35.5. The highest BCUT2D eigenvalue weighted by molar-refractivity contribution is 6.34. The van der Waals surface area contributed by atoms with E-state index < -0.39 is 86.4 Å². The van der Waals surface area contributed by atoms with Crippen LogP contribution in [0.1, 0.15) is 104 Å². The molecule has 5 rings (SSSR count). The number of benzene rings is 1. The van der Waals surface area contributed by atoms with Gasteiger partial charge in [0.15, 0.2) is 11.5 Å². The van der Waals surface area contributed by atoms with Crippen molar-refractivity contribution in [1.82, 2.24) is 14.7 Å². The first-order chi connectivity index (χ1) is 20.3. The van der Waals surface area contributed by atoms with E-state index in [1.54, 1.807) is 0 Å². The van der Waals surface area contributed by atoms with Crippen molar-refractivity contribution in [2.75, 3.05) is 6.54 Å². The second-order valence-electron chi connectivity index (χ2n) is 13.0. The standard InChI is InChI=1S/C30H32ClF6N3O4/c1-26(2)21-8-5-11-28(21,26)39(15-20(41)22-18(29(32,33)34)6-4-7-19(22)31)24(42)17-14-38-40(23(17)30(35,36)37)16-9-12-27(3,13-10-16)25(43)44/h4,6-7,14,16,21H,5,8-13,15H2,1-3H3,(H,43,44). The molecule has 0 spiro atoms. The van der Waals surface area contributed by atoms with Gasteiger partial charge >= 0.3 is 18.3 Å². The Morgan fingerprint density at radius 1 is 1.02 bits per heavy atom. The second-order valence-corrected chi connectivity index (χ2v) is 13.4. The zero-order chi connectivity index (χ0) is 32.6. The van der Waals surface area contributed by atoms with E-state index in [2.05, 4.69) is 5.10 Å². The number of carbonyl (C=O) groups excluding carboxylic acids is 2. The lowest BCUT2D eigenvalue weighted by Gasteiger charge is -2.35. The molecule has 14 heteroatoms. The molecule has 0 bridgehead atoms. The molecule has 7 nitrogen and oxygen atoms in total. The normalized spacial score (nSPS) is 28.0. The van der Waals surface area contributed by atoms with Gasteiger partial charge in [-0.2, -0.15) is 31.4 Å². The third-order valence-electron chi connectivity index (χ3n) is 10.4. The topological polar surface area (TPSA) is 92.5 Å². The fraction of sp³-hybridized carbons (Fsp3) is 0.600. The Morgan fingerprint density at radius 2 is 1.66 bits per heavy atom. The van der Waals surface area contributed by atoms with Crippen molar-refractivity contribution < 1.29 is 45.8 Å². The molecular weight excluding hydrogens is 616 g/mol. The molecule has 3 saturated carbocycles. The van der Waals surface area contributed by atoms with Gasteiger partial charge in [-0.05, 0) is 68.9 Å². The number of carboxylic acids is 1. The molecule has 0 saturated heterocycles. The molecule has 2 unspecified atom stereocenters. The molecule has 3 aliphatic rings. The first-order valence-corrected chi connectivity index (χ1v) is 14.7. The number of rotatable bonds is 7. The number of hydrogen-bond donors (Lipinski definition) is 1. The number of fused-ring (bicyclic) bond motifs is 1. The van der Waals surface area contributed by atoms with Gasteiger partial charge in [0.2, 0.25) is 0 Å². The Kier molecular flexibility index (Phi) is 7.70. The third-order valence-corrected chi connectivity index (χ3v) is 10.7. The summed E-state index contributed by atoms with van der Waals surface area (Å²) in [4.78, 5) is 40.5. The number of hydrogen-bond acceptors (Lipinski definition) is 4. The van der Waals surface area contributed by atoms with Crippen LogP contribution in [0.5, 0.6) is 0 Å². The van der Waals surface area contributed by atoms with Crippen molar-refractivity contribution in [3.63, 3.8) is 0 Å². The van der Waals surface area contributed by atoms with Gasteiger partial charge in [0.05, 0.1) is 51.5 Å². The average Bonchev–Trinajstić information content (AvgIpc) is 3.36. The van der Waals surface area contributed by atoms with Gasteiger partial charge in [-0.1, -0.05) is 37.9 Å². The zero-order valence-electron chi connectivity index (χ0n) is 24.3. The van der Waals surface area contributed by atoms with Crippen LogP contribution in [0.4, 0.5) is 26.3 Å². The molecule has 1 aromatic heterocycles. The molecule has 0 aliphatic heterocycles. The summed E-state index contributed by atoms with van der Waals surface area (Å²) in [5.74, 6) is -3.51. The SMILES string of the molecule is CC1(C(=O)O)CCC(n2ncc(C(=O)N(CC(=O)c3c(Cl)cccc3C(F)(F)F)C34CCCC3C4(C)C)c2C(F)(F)F)CC1.